The summed E-state index contributed by atoms with van der Waals surface area (Å²) in [4.78, 5) is 0. The first-order chi connectivity index (χ1) is 0. The molecule has 48 valence electrons. The lowest BCUT2D eigenvalue weighted by Gasteiger charge is -1.00. The highest BCUT2D eigenvalue weighted by Crippen LogP contribution is -0.481. The lowest BCUT2D eigenvalue weighted by Crippen LogP contribution is -3.00. The molecule has 0 aliphatic carbocycles. The van der Waals surface area contributed by atoms with Crippen molar-refractivity contribution < 1.29 is 62.0 Å². The predicted molar refractivity (Wildman–Crippen MR) is 5.98 cm³/mol. The number of halogens is 5. The van der Waals surface area contributed by atoms with E-state index in [1.54, 1.807) is 0 Å². The van der Waals surface area contributed by atoms with Crippen molar-refractivity contribution in [2.24, 2.45) is 0 Å². The molecule has 0 saturated carbocycles. The van der Waals surface area contributed by atoms with Gasteiger partial charge in [0.25, 0.3) is 0 Å². The summed E-state index contributed by atoms with van der Waals surface area (Å²) < 4.78 is 0. The van der Waals surface area contributed by atoms with E-state index in [1.165, 1.54) is 0 Å². The van der Waals surface area contributed by atoms with Crippen LogP contribution in [0.3, 0.4) is 0 Å². The predicted octanol–water partition coefficient (Wildman–Crippen LogP) is -14.6. The molecule has 0 aliphatic rings. The molecule has 0 rings (SSSR count). The Morgan fingerprint density at radius 3 is 0.333 bits per heavy atom. The average Bonchev–Trinajstić information content (AvgIpc) is 0. The fourth-order valence-corrected chi connectivity index (χ4v) is 0. The van der Waals surface area contributed by atoms with Crippen molar-refractivity contribution in [1.82, 2.24) is 6.15 Å². The Morgan fingerprint density at radius 1 is 0.333 bits per heavy atom. The standard InChI is InChI=1S/5ClH.H3N/h5*1H;1H3/p-4. The van der Waals surface area contributed by atoms with Gasteiger partial charge in [0.15, 0.2) is 0 Å². The molecule has 0 aromatic rings. The number of rotatable bonds is 0. The summed E-state index contributed by atoms with van der Waals surface area (Å²) >= 11 is 0. The molecule has 0 spiro atoms. The molecule has 0 fully saturated rings. The van der Waals surface area contributed by atoms with Gasteiger partial charge in [-0.1, -0.05) is 0 Å². The van der Waals surface area contributed by atoms with Crippen LogP contribution in [0.5, 0.6) is 0 Å². The van der Waals surface area contributed by atoms with Crippen LogP contribution in [0.2, 0.25) is 0 Å². The van der Waals surface area contributed by atoms with Crippen LogP contribution >= 0.6 is 0 Å². The smallest absolute Gasteiger partial charge is 0.369 e. The van der Waals surface area contributed by atoms with Crippen molar-refractivity contribution in [2.45, 2.75) is 0 Å². The molecular weight excluding hydrogens is 191 g/mol. The minimum atomic E-state index is 0. The summed E-state index contributed by atoms with van der Waals surface area (Å²) in [5.74, 6) is 0. The van der Waals surface area contributed by atoms with E-state index in [0.717, 1.165) is 0 Å². The van der Waals surface area contributed by atoms with Gasteiger partial charge in [-0.15, -0.1) is 0 Å². The molecular formula is H4Cl5N-4. The highest BCUT2D eigenvalue weighted by molar-refractivity contribution is 2.13. The molecule has 6 heteroatoms. The van der Waals surface area contributed by atoms with Gasteiger partial charge in [-0.05, 0) is 0 Å². The molecule has 0 bridgehead atoms. The first-order valence-corrected chi connectivity index (χ1v) is 0. The second kappa shape index (κ2) is 94.4. The molecule has 0 unspecified atom stereocenters. The van der Waals surface area contributed by atoms with Crippen LogP contribution in [0.1, 0.15) is 0 Å². The zero-order valence-electron chi connectivity index (χ0n) is 2.89. The van der Waals surface area contributed by atoms with E-state index in [9.17, 15) is 0 Å². The van der Waals surface area contributed by atoms with E-state index in [4.69, 9.17) is 0 Å². The topological polar surface area (TPSA) is 36.5 Å². The van der Waals surface area contributed by atoms with Gasteiger partial charge in [0.1, 0.15) is 0 Å². The molecule has 0 aromatic heterocycles. The average molecular weight is 195 g/mol. The first-order valence-electron chi connectivity index (χ1n) is 0. The molecule has 0 amide bonds. The van der Waals surface area contributed by atoms with Crippen LogP contribution in [0.15, 0.2) is 0 Å². The molecule has 0 atom stereocenters. The number of hydrogen-bond acceptors (Lipinski definition) is 0. The maximum absolute atomic E-state index is 0. The van der Waals surface area contributed by atoms with Crippen molar-refractivity contribution in [3.8, 4) is 0 Å². The van der Waals surface area contributed by atoms with Gasteiger partial charge in [-0.2, -0.15) is 0 Å². The molecule has 0 heterocycles. The van der Waals surface area contributed by atoms with Gasteiger partial charge in [0, 0.05) is 0 Å². The summed E-state index contributed by atoms with van der Waals surface area (Å²) in [7, 11) is 0. The Kier molecular flexibility index (Phi) is 2410. The SMILES string of the molecule is [Cl-].[Cl-].[Cl-].[Cl-].[Cl-].[NH4+]. The Bertz CT molecular complexity index is 3.90. The zero-order valence-corrected chi connectivity index (χ0v) is 6.67. The van der Waals surface area contributed by atoms with Crippen LogP contribution in [-0.4, -0.2) is 0 Å². The molecule has 0 saturated heterocycles. The van der Waals surface area contributed by atoms with Crippen LogP contribution in [0, 0.1) is 0 Å². The number of hydrogen-bond donors (Lipinski definition) is 1. The van der Waals surface area contributed by atoms with Gasteiger partial charge < -0.3 is 68.2 Å². The monoisotopic (exact) mass is 193 g/mol. The summed E-state index contributed by atoms with van der Waals surface area (Å²) in [5, 5.41) is 0. The third-order valence-corrected chi connectivity index (χ3v) is 0. The third kappa shape index (κ3) is 52.9. The van der Waals surface area contributed by atoms with Crippen molar-refractivity contribution in [1.29, 1.82) is 0 Å². The van der Waals surface area contributed by atoms with Gasteiger partial charge >= 0.3 is 0 Å². The fraction of sp³-hybridized carbons (Fsp3) is 0. The van der Waals surface area contributed by atoms with E-state index >= 15 is 0 Å². The molecule has 0 radical (unpaired) electrons. The fourth-order valence-electron chi connectivity index (χ4n) is 0. The van der Waals surface area contributed by atoms with E-state index < -0.39 is 0 Å². The Labute approximate surface area is 68.3 Å². The highest BCUT2D eigenvalue weighted by Gasteiger charge is -0.369. The van der Waals surface area contributed by atoms with E-state index in [2.05, 4.69) is 0 Å². The maximum atomic E-state index is 0. The van der Waals surface area contributed by atoms with Crippen molar-refractivity contribution in [3.05, 3.63) is 0 Å². The highest BCUT2D eigenvalue weighted by atomic mass is 35.5. The zero-order chi connectivity index (χ0) is 0. The molecule has 0 aromatic carbocycles. The molecule has 0 aliphatic heterocycles. The van der Waals surface area contributed by atoms with Crippen molar-refractivity contribution in [3.63, 3.8) is 0 Å². The van der Waals surface area contributed by atoms with E-state index in [1.807, 2.05) is 0 Å². The van der Waals surface area contributed by atoms with Crippen LogP contribution < -0.4 is 68.2 Å². The number of quaternary nitrogens is 1. The van der Waals surface area contributed by atoms with E-state index in [0.29, 0.717) is 0 Å². The summed E-state index contributed by atoms with van der Waals surface area (Å²) in [6.45, 7) is 0. The van der Waals surface area contributed by atoms with Gasteiger partial charge in [-0.25, -0.2) is 0 Å². The largest absolute Gasteiger partial charge is 1.00 e. The Morgan fingerprint density at radius 2 is 0.333 bits per heavy atom. The van der Waals surface area contributed by atoms with E-state index in [-0.39, 0.29) is 68.2 Å². The van der Waals surface area contributed by atoms with Gasteiger partial charge in [0.2, 0.25) is 0 Å². The second-order valence-electron chi connectivity index (χ2n) is 0. The quantitative estimate of drug-likeness (QED) is 0.399. The van der Waals surface area contributed by atoms with Crippen molar-refractivity contribution >= 4 is 0 Å². The molecule has 4 N–H and O–H groups in total. The normalized spacial score (nSPS) is 0. The first kappa shape index (κ1) is 153. The molecule has 1 nitrogen and oxygen atoms in total. The lowest BCUT2D eigenvalue weighted by atomic mass is 14.0. The summed E-state index contributed by atoms with van der Waals surface area (Å²) in [5.41, 5.74) is 0. The minimum absolute atomic E-state index is 0. The van der Waals surface area contributed by atoms with Crippen LogP contribution in [-0.2, 0) is 0 Å². The molecule has 6 heavy (non-hydrogen) atoms. The Balaban J connectivity index is 0. The third-order valence-electron chi connectivity index (χ3n) is 0. The summed E-state index contributed by atoms with van der Waals surface area (Å²) in [6.07, 6.45) is 0. The Hall–Kier alpha value is 1.41. The second-order valence-corrected chi connectivity index (χ2v) is 0. The van der Waals surface area contributed by atoms with Crippen LogP contribution in [0.4, 0.5) is 0 Å². The van der Waals surface area contributed by atoms with Crippen LogP contribution in [0.25, 0.3) is 0 Å². The lowest BCUT2D eigenvalue weighted by molar-refractivity contribution is -0.00100. The van der Waals surface area contributed by atoms with Gasteiger partial charge in [-0.3, -0.25) is 0 Å². The minimum Gasteiger partial charge on any atom is -1.00 e. The maximum Gasteiger partial charge on any atom is -0.369 e. The van der Waals surface area contributed by atoms with Gasteiger partial charge in [0.05, 0.1) is 0 Å². The summed E-state index contributed by atoms with van der Waals surface area (Å²) in [6, 6.07) is 0. The van der Waals surface area contributed by atoms with Crippen molar-refractivity contribution in [2.75, 3.05) is 0 Å².